The van der Waals surface area contributed by atoms with E-state index in [2.05, 4.69) is 48.5 Å². The van der Waals surface area contributed by atoms with Gasteiger partial charge in [0.25, 0.3) is 0 Å². The SMILES string of the molecule is CCCCCCCC(=O)OC[C@H](COP(=O)(O)OC[C@H](O)COP(=O)(O)OC[C@@H](COC(=O)CCCCCCCCCCCC(C)C)OC(=O)CCCCCCCCCCCCCC(C)C)OC(=O)CCCCCCCCCCC(C)CC. The van der Waals surface area contributed by atoms with E-state index < -0.39 is 97.5 Å². The fourth-order valence-electron chi connectivity index (χ4n) is 9.45. The second-order valence-electron chi connectivity index (χ2n) is 24.3. The van der Waals surface area contributed by atoms with E-state index in [-0.39, 0.29) is 25.7 Å². The Morgan fingerprint density at radius 1 is 0.349 bits per heavy atom. The number of rotatable bonds is 62. The number of phosphoric acid groups is 2. The van der Waals surface area contributed by atoms with E-state index in [1.807, 2.05) is 0 Å². The van der Waals surface area contributed by atoms with Gasteiger partial charge in [0.1, 0.15) is 19.3 Å². The number of esters is 4. The zero-order chi connectivity index (χ0) is 61.7. The third-order valence-electron chi connectivity index (χ3n) is 15.0. The van der Waals surface area contributed by atoms with Crippen LogP contribution in [0.2, 0.25) is 0 Å². The maximum absolute atomic E-state index is 13.0. The molecule has 0 aliphatic rings. The van der Waals surface area contributed by atoms with Crippen LogP contribution in [0.25, 0.3) is 0 Å². The first-order chi connectivity index (χ1) is 39.8. The van der Waals surface area contributed by atoms with Crippen molar-refractivity contribution in [3.05, 3.63) is 0 Å². The molecule has 0 amide bonds. The first-order valence-corrected chi connectivity index (χ1v) is 36.4. The minimum Gasteiger partial charge on any atom is -0.462 e. The van der Waals surface area contributed by atoms with Gasteiger partial charge in [0.2, 0.25) is 0 Å². The number of carbonyl (C=O) groups excluding carboxylic acids is 4. The van der Waals surface area contributed by atoms with Crippen LogP contribution in [-0.4, -0.2) is 96.7 Å². The highest BCUT2D eigenvalue weighted by Gasteiger charge is 2.30. The molecule has 0 aliphatic carbocycles. The molecule has 0 bridgehead atoms. The number of aliphatic hydroxyl groups excluding tert-OH is 1. The van der Waals surface area contributed by atoms with Gasteiger partial charge in [0, 0.05) is 25.7 Å². The summed E-state index contributed by atoms with van der Waals surface area (Å²) in [4.78, 5) is 72.0. The first kappa shape index (κ1) is 81.1. The highest BCUT2D eigenvalue weighted by atomic mass is 31.2. The fraction of sp³-hybridized carbons (Fsp3) is 0.938. The molecular formula is C64H124O17P2. The van der Waals surface area contributed by atoms with E-state index in [9.17, 15) is 43.2 Å². The van der Waals surface area contributed by atoms with Crippen molar-refractivity contribution < 1.29 is 80.2 Å². The Bertz CT molecular complexity index is 1650. The average Bonchev–Trinajstić information content (AvgIpc) is 3.45. The summed E-state index contributed by atoms with van der Waals surface area (Å²) in [6, 6.07) is 0. The highest BCUT2D eigenvalue weighted by molar-refractivity contribution is 7.47. The summed E-state index contributed by atoms with van der Waals surface area (Å²) in [5, 5.41) is 10.5. The Hall–Kier alpha value is -1.94. The molecule has 0 aromatic heterocycles. The van der Waals surface area contributed by atoms with Crippen molar-refractivity contribution in [1.82, 2.24) is 0 Å². The number of hydrogen-bond acceptors (Lipinski definition) is 15. The molecule has 0 aliphatic heterocycles. The third-order valence-corrected chi connectivity index (χ3v) is 16.9. The lowest BCUT2D eigenvalue weighted by Gasteiger charge is -2.21. The van der Waals surface area contributed by atoms with Gasteiger partial charge in [-0.1, -0.05) is 260 Å². The molecular weight excluding hydrogens is 1100 g/mol. The Balaban J connectivity index is 5.19. The molecule has 492 valence electrons. The van der Waals surface area contributed by atoms with Gasteiger partial charge in [-0.25, -0.2) is 9.13 Å². The summed E-state index contributed by atoms with van der Waals surface area (Å²) in [7, 11) is -9.88. The number of carbonyl (C=O) groups is 4. The Morgan fingerprint density at radius 3 is 0.916 bits per heavy atom. The molecule has 0 saturated heterocycles. The normalized spacial score (nSPS) is 14.7. The number of phosphoric ester groups is 2. The largest absolute Gasteiger partial charge is 0.472 e. The Labute approximate surface area is 505 Å². The van der Waals surface area contributed by atoms with Crippen molar-refractivity contribution in [1.29, 1.82) is 0 Å². The molecule has 19 heteroatoms. The summed E-state index contributed by atoms with van der Waals surface area (Å²) >= 11 is 0. The molecule has 0 saturated carbocycles. The first-order valence-electron chi connectivity index (χ1n) is 33.4. The van der Waals surface area contributed by atoms with Crippen LogP contribution in [0.1, 0.15) is 312 Å². The smallest absolute Gasteiger partial charge is 0.462 e. The van der Waals surface area contributed by atoms with Crippen LogP contribution >= 0.6 is 15.6 Å². The van der Waals surface area contributed by atoms with Crippen molar-refractivity contribution >= 4 is 39.5 Å². The maximum Gasteiger partial charge on any atom is 0.472 e. The summed E-state index contributed by atoms with van der Waals surface area (Å²) in [6.45, 7) is 11.7. The van der Waals surface area contributed by atoms with Gasteiger partial charge >= 0.3 is 39.5 Å². The lowest BCUT2D eigenvalue weighted by Crippen LogP contribution is -2.30. The fourth-order valence-corrected chi connectivity index (χ4v) is 11.0. The predicted molar refractivity (Wildman–Crippen MR) is 331 cm³/mol. The van der Waals surface area contributed by atoms with Gasteiger partial charge in [-0.05, 0) is 43.4 Å². The number of hydrogen-bond donors (Lipinski definition) is 3. The monoisotopic (exact) mass is 1230 g/mol. The van der Waals surface area contributed by atoms with Crippen molar-refractivity contribution in [3.8, 4) is 0 Å². The number of aliphatic hydroxyl groups is 1. The maximum atomic E-state index is 13.0. The summed E-state index contributed by atoms with van der Waals surface area (Å²) in [5.74, 6) is 0.132. The molecule has 3 N–H and O–H groups in total. The predicted octanol–water partition coefficient (Wildman–Crippen LogP) is 17.5. The highest BCUT2D eigenvalue weighted by Crippen LogP contribution is 2.45. The second-order valence-corrected chi connectivity index (χ2v) is 27.3. The van der Waals surface area contributed by atoms with Gasteiger partial charge in [0.15, 0.2) is 12.2 Å². The third kappa shape index (κ3) is 57.6. The van der Waals surface area contributed by atoms with Crippen LogP contribution in [0.5, 0.6) is 0 Å². The van der Waals surface area contributed by atoms with Crippen molar-refractivity contribution in [2.45, 2.75) is 330 Å². The minimum absolute atomic E-state index is 0.104. The van der Waals surface area contributed by atoms with Crippen molar-refractivity contribution in [2.24, 2.45) is 17.8 Å². The minimum atomic E-state index is -4.94. The van der Waals surface area contributed by atoms with Crippen molar-refractivity contribution in [3.63, 3.8) is 0 Å². The zero-order valence-corrected chi connectivity index (χ0v) is 55.4. The molecule has 0 heterocycles. The molecule has 0 aromatic rings. The Kier molecular flexibility index (Phi) is 54.1. The van der Waals surface area contributed by atoms with Crippen LogP contribution in [0.4, 0.5) is 0 Å². The average molecular weight is 1230 g/mol. The van der Waals surface area contributed by atoms with Crippen molar-refractivity contribution in [2.75, 3.05) is 39.6 Å². The van der Waals surface area contributed by atoms with E-state index in [0.717, 1.165) is 114 Å². The van der Waals surface area contributed by atoms with Gasteiger partial charge in [-0.15, -0.1) is 0 Å². The molecule has 0 spiro atoms. The summed E-state index contributed by atoms with van der Waals surface area (Å²) < 4.78 is 67.8. The number of unbranched alkanes of at least 4 members (excludes halogenated alkanes) is 29. The van der Waals surface area contributed by atoms with Crippen LogP contribution in [0.3, 0.4) is 0 Å². The quantitative estimate of drug-likeness (QED) is 0.0222. The van der Waals surface area contributed by atoms with Gasteiger partial charge in [-0.2, -0.15) is 0 Å². The molecule has 0 aromatic carbocycles. The van der Waals surface area contributed by atoms with E-state index in [4.69, 9.17) is 37.0 Å². The summed E-state index contributed by atoms with van der Waals surface area (Å²) in [6.07, 6.45) is 36.5. The van der Waals surface area contributed by atoms with Gasteiger partial charge in [0.05, 0.1) is 26.4 Å². The standard InChI is InChI=1S/C64H124O17P2/c1-8-10-11-28-38-45-61(66)74-51-59(80-64(69)48-41-34-27-21-20-24-31-37-44-57(7)9-2)53-78-82(70,71)76-49-58(65)50-77-83(72,73)79-54-60(52-75-62(67)46-39-32-25-19-15-17-23-30-36-43-56(5)6)81-63(68)47-40-33-26-18-14-12-13-16-22-29-35-42-55(3)4/h55-60,65H,8-54H2,1-7H3,(H,70,71)(H,72,73)/t57?,58-,59+,60+/m0/s1. The lowest BCUT2D eigenvalue weighted by molar-refractivity contribution is -0.161. The lowest BCUT2D eigenvalue weighted by atomic mass is 9.99. The van der Waals surface area contributed by atoms with Crippen LogP contribution in [0, 0.1) is 17.8 Å². The van der Waals surface area contributed by atoms with E-state index in [0.29, 0.717) is 25.7 Å². The van der Waals surface area contributed by atoms with E-state index >= 15 is 0 Å². The Morgan fingerprint density at radius 2 is 0.614 bits per heavy atom. The van der Waals surface area contributed by atoms with Crippen LogP contribution < -0.4 is 0 Å². The molecule has 83 heavy (non-hydrogen) atoms. The zero-order valence-electron chi connectivity index (χ0n) is 53.6. The molecule has 0 fully saturated rings. The second kappa shape index (κ2) is 55.4. The van der Waals surface area contributed by atoms with Gasteiger partial charge in [-0.3, -0.25) is 37.3 Å². The molecule has 0 radical (unpaired) electrons. The molecule has 3 unspecified atom stereocenters. The number of ether oxygens (including phenoxy) is 4. The molecule has 6 atom stereocenters. The topological polar surface area (TPSA) is 237 Å². The van der Waals surface area contributed by atoms with Crippen LogP contribution in [-0.2, 0) is 65.4 Å². The summed E-state index contributed by atoms with van der Waals surface area (Å²) in [5.41, 5.74) is 0. The molecule has 0 rings (SSSR count). The van der Waals surface area contributed by atoms with Gasteiger partial charge < -0.3 is 33.8 Å². The van der Waals surface area contributed by atoms with Crippen LogP contribution in [0.15, 0.2) is 0 Å². The van der Waals surface area contributed by atoms with E-state index in [1.54, 1.807) is 0 Å². The molecule has 17 nitrogen and oxygen atoms in total. The van der Waals surface area contributed by atoms with E-state index in [1.165, 1.54) is 116 Å².